The lowest BCUT2D eigenvalue weighted by Crippen LogP contribution is -2.74. The number of hydrogen-bond donors (Lipinski definition) is 2. The molecule has 1 unspecified atom stereocenters. The van der Waals surface area contributed by atoms with Crippen molar-refractivity contribution in [1.82, 2.24) is 15.1 Å². The minimum Gasteiger partial charge on any atom is -0.381 e. The van der Waals surface area contributed by atoms with E-state index in [4.69, 9.17) is 0 Å². The summed E-state index contributed by atoms with van der Waals surface area (Å²) >= 11 is 1.50. The fourth-order valence-electron chi connectivity index (χ4n) is 4.83. The van der Waals surface area contributed by atoms with Gasteiger partial charge < -0.3 is 20.2 Å². The van der Waals surface area contributed by atoms with E-state index < -0.39 is 40.7 Å². The average molecular weight is 500 g/mol. The molecular formula is C26H30FN3O4S. The Morgan fingerprint density at radius 3 is 2.63 bits per heavy atom. The fourth-order valence-corrected chi connectivity index (χ4v) is 6.23. The molecule has 2 aromatic carbocycles. The third-order valence-electron chi connectivity index (χ3n) is 6.84. The van der Waals surface area contributed by atoms with E-state index >= 15 is 0 Å². The number of halogens is 1. The van der Waals surface area contributed by atoms with Crippen LogP contribution in [0.2, 0.25) is 0 Å². The molecule has 2 aliphatic rings. The van der Waals surface area contributed by atoms with Crippen molar-refractivity contribution >= 4 is 29.5 Å². The van der Waals surface area contributed by atoms with Crippen molar-refractivity contribution in [1.29, 1.82) is 0 Å². The summed E-state index contributed by atoms with van der Waals surface area (Å²) in [7, 11) is 0. The van der Waals surface area contributed by atoms with Crippen molar-refractivity contribution in [2.45, 2.75) is 56.7 Å². The normalized spacial score (nSPS) is 22.9. The van der Waals surface area contributed by atoms with E-state index in [9.17, 15) is 23.9 Å². The lowest BCUT2D eigenvalue weighted by atomic mass is 9.92. The van der Waals surface area contributed by atoms with E-state index in [1.54, 1.807) is 4.90 Å². The highest BCUT2D eigenvalue weighted by Crippen LogP contribution is 2.50. The predicted molar refractivity (Wildman–Crippen MR) is 132 cm³/mol. The van der Waals surface area contributed by atoms with Crippen molar-refractivity contribution in [3.05, 3.63) is 71.0 Å². The zero-order valence-corrected chi connectivity index (χ0v) is 20.8. The van der Waals surface area contributed by atoms with Crippen LogP contribution < -0.4 is 5.32 Å². The SMILES string of the molecule is CCCN1C(=O)[C@H]2N(C(=O)[C@@H](O)[C@H](Cc3ccccc3)NC(=O)c3cccc(F)c3C)CSC21C. The van der Waals surface area contributed by atoms with Gasteiger partial charge in [0.25, 0.3) is 11.8 Å². The molecule has 35 heavy (non-hydrogen) atoms. The van der Waals surface area contributed by atoms with Gasteiger partial charge in [0.05, 0.1) is 11.9 Å². The topological polar surface area (TPSA) is 90.0 Å². The van der Waals surface area contributed by atoms with Gasteiger partial charge in [0.2, 0.25) is 5.91 Å². The second-order valence-electron chi connectivity index (χ2n) is 9.16. The van der Waals surface area contributed by atoms with Gasteiger partial charge in [-0.2, -0.15) is 0 Å². The van der Waals surface area contributed by atoms with Crippen molar-refractivity contribution in [3.8, 4) is 0 Å². The molecule has 3 amide bonds. The quantitative estimate of drug-likeness (QED) is 0.545. The van der Waals surface area contributed by atoms with Gasteiger partial charge in [-0.15, -0.1) is 11.8 Å². The van der Waals surface area contributed by atoms with E-state index in [0.717, 1.165) is 12.0 Å². The Hall–Kier alpha value is -2.91. The van der Waals surface area contributed by atoms with Crippen molar-refractivity contribution in [2.24, 2.45) is 0 Å². The van der Waals surface area contributed by atoms with Crippen LogP contribution in [0.15, 0.2) is 48.5 Å². The summed E-state index contributed by atoms with van der Waals surface area (Å²) in [5.74, 6) is -1.55. The van der Waals surface area contributed by atoms with E-state index in [0.29, 0.717) is 6.54 Å². The first-order chi connectivity index (χ1) is 16.7. The molecule has 2 aromatic rings. The number of carbonyl (C=O) groups excluding carboxylic acids is 3. The monoisotopic (exact) mass is 499 g/mol. The zero-order valence-electron chi connectivity index (χ0n) is 20.0. The molecule has 0 radical (unpaired) electrons. The largest absolute Gasteiger partial charge is 0.381 e. The van der Waals surface area contributed by atoms with E-state index in [1.807, 2.05) is 44.2 Å². The number of hydrogen-bond acceptors (Lipinski definition) is 5. The minimum atomic E-state index is -1.58. The molecule has 0 aliphatic carbocycles. The fraction of sp³-hybridized carbons (Fsp3) is 0.423. The molecule has 2 saturated heterocycles. The highest BCUT2D eigenvalue weighted by molar-refractivity contribution is 8.01. The molecule has 7 nitrogen and oxygen atoms in total. The molecule has 2 fully saturated rings. The lowest BCUT2D eigenvalue weighted by molar-refractivity contribution is -0.167. The van der Waals surface area contributed by atoms with Gasteiger partial charge in [0.1, 0.15) is 16.7 Å². The molecule has 0 aromatic heterocycles. The second-order valence-corrected chi connectivity index (χ2v) is 10.5. The Morgan fingerprint density at radius 2 is 1.94 bits per heavy atom. The molecule has 2 heterocycles. The number of amides is 3. The molecule has 4 atom stereocenters. The molecule has 0 spiro atoms. The number of rotatable bonds is 8. The first-order valence-electron chi connectivity index (χ1n) is 11.7. The number of carbonyl (C=O) groups is 3. The highest BCUT2D eigenvalue weighted by atomic mass is 32.2. The van der Waals surface area contributed by atoms with Crippen LogP contribution in [0, 0.1) is 12.7 Å². The summed E-state index contributed by atoms with van der Waals surface area (Å²) in [5, 5.41) is 13.9. The third kappa shape index (κ3) is 4.54. The van der Waals surface area contributed by atoms with E-state index in [2.05, 4.69) is 5.32 Å². The summed E-state index contributed by atoms with van der Waals surface area (Å²) < 4.78 is 14.0. The number of thioether (sulfide) groups is 1. The van der Waals surface area contributed by atoms with Crippen LogP contribution in [0.4, 0.5) is 4.39 Å². The third-order valence-corrected chi connectivity index (χ3v) is 8.28. The molecule has 186 valence electrons. The maximum atomic E-state index is 14.0. The van der Waals surface area contributed by atoms with Crippen LogP contribution in [0.3, 0.4) is 0 Å². The van der Waals surface area contributed by atoms with Crippen LogP contribution in [0.5, 0.6) is 0 Å². The van der Waals surface area contributed by atoms with Crippen molar-refractivity contribution in [3.63, 3.8) is 0 Å². The van der Waals surface area contributed by atoms with Crippen molar-refractivity contribution in [2.75, 3.05) is 12.4 Å². The summed E-state index contributed by atoms with van der Waals surface area (Å²) in [6.07, 6.45) is -0.577. The molecule has 0 bridgehead atoms. The standard InChI is InChI=1S/C26H30FN3O4S/c1-4-13-30-25(34)22-26(30,3)35-15-29(22)24(33)21(31)20(14-17-9-6-5-7-10-17)28-23(32)18-11-8-12-19(27)16(18)2/h5-12,20-22,31H,4,13-15H2,1-3H3,(H,28,32)/t20-,21-,22+,26?/m0/s1. The molecule has 2 aliphatic heterocycles. The van der Waals surface area contributed by atoms with Gasteiger partial charge in [-0.3, -0.25) is 14.4 Å². The summed E-state index contributed by atoms with van der Waals surface area (Å²) in [6.45, 7) is 6.05. The molecule has 9 heteroatoms. The second kappa shape index (κ2) is 9.99. The van der Waals surface area contributed by atoms with Gasteiger partial charge in [-0.25, -0.2) is 4.39 Å². The van der Waals surface area contributed by atoms with E-state index in [1.165, 1.54) is 41.8 Å². The maximum absolute atomic E-state index is 14.0. The first kappa shape index (κ1) is 25.2. The number of likely N-dealkylation sites (tertiary alicyclic amines) is 1. The number of nitrogens with one attached hydrogen (secondary N) is 1. The van der Waals surface area contributed by atoms with Crippen LogP contribution >= 0.6 is 11.8 Å². The average Bonchev–Trinajstić information content (AvgIpc) is 3.17. The Labute approximate surface area is 208 Å². The van der Waals surface area contributed by atoms with Crippen LogP contribution in [0.1, 0.15) is 41.8 Å². The Balaban J connectivity index is 1.56. The van der Waals surface area contributed by atoms with Crippen LogP contribution in [-0.4, -0.2) is 68.1 Å². The Bertz CT molecular complexity index is 1130. The molecule has 0 saturated carbocycles. The van der Waals surface area contributed by atoms with Gasteiger partial charge >= 0.3 is 0 Å². The van der Waals surface area contributed by atoms with Gasteiger partial charge in [0, 0.05) is 12.1 Å². The summed E-state index contributed by atoms with van der Waals surface area (Å²) in [4.78, 5) is 42.0. The summed E-state index contributed by atoms with van der Waals surface area (Å²) in [5.41, 5.74) is 1.14. The smallest absolute Gasteiger partial charge is 0.255 e. The van der Waals surface area contributed by atoms with Gasteiger partial charge in [-0.1, -0.05) is 43.3 Å². The lowest BCUT2D eigenvalue weighted by Gasteiger charge is -2.52. The van der Waals surface area contributed by atoms with E-state index in [-0.39, 0.29) is 29.3 Å². The molecule has 2 N–H and O–H groups in total. The molecular weight excluding hydrogens is 469 g/mol. The first-order valence-corrected chi connectivity index (χ1v) is 12.7. The molecule has 4 rings (SSSR count). The Morgan fingerprint density at radius 1 is 1.23 bits per heavy atom. The number of aliphatic hydroxyl groups excluding tert-OH is 1. The highest BCUT2D eigenvalue weighted by Gasteiger charge is 2.65. The predicted octanol–water partition coefficient (Wildman–Crippen LogP) is 2.71. The van der Waals surface area contributed by atoms with Crippen LogP contribution in [-0.2, 0) is 16.0 Å². The maximum Gasteiger partial charge on any atom is 0.255 e. The number of nitrogens with zero attached hydrogens (tertiary/aromatic N) is 2. The zero-order chi connectivity index (χ0) is 25.3. The number of benzene rings is 2. The number of aliphatic hydroxyl groups is 1. The van der Waals surface area contributed by atoms with Gasteiger partial charge in [0.15, 0.2) is 6.10 Å². The number of β-lactam (4-membered cyclic amide) rings is 1. The van der Waals surface area contributed by atoms with Crippen molar-refractivity contribution < 1.29 is 23.9 Å². The summed E-state index contributed by atoms with van der Waals surface area (Å²) in [6, 6.07) is 11.8. The minimum absolute atomic E-state index is 0.126. The number of fused-ring (bicyclic) bond motifs is 1. The van der Waals surface area contributed by atoms with Crippen LogP contribution in [0.25, 0.3) is 0 Å². The Kier molecular flexibility index (Phi) is 7.19. The van der Waals surface area contributed by atoms with Gasteiger partial charge in [-0.05, 0) is 49.9 Å².